The predicted octanol–water partition coefficient (Wildman–Crippen LogP) is 1.97. The third kappa shape index (κ3) is 4.50. The van der Waals surface area contributed by atoms with Gasteiger partial charge in [-0.3, -0.25) is 14.2 Å². The Morgan fingerprint density at radius 1 is 1.28 bits per heavy atom. The van der Waals surface area contributed by atoms with Gasteiger partial charge in [-0.25, -0.2) is 14.2 Å². The summed E-state index contributed by atoms with van der Waals surface area (Å²) in [5.74, 6) is -1.17. The van der Waals surface area contributed by atoms with E-state index in [9.17, 15) is 18.8 Å². The molecular weight excluding hydrogens is 381 g/mol. The highest BCUT2D eigenvalue weighted by Crippen LogP contribution is 2.21. The Balaban J connectivity index is 1.72. The highest BCUT2D eigenvalue weighted by Gasteiger charge is 2.24. The van der Waals surface area contributed by atoms with Gasteiger partial charge in [-0.05, 0) is 38.0 Å². The molecule has 0 saturated carbocycles. The van der Waals surface area contributed by atoms with Gasteiger partial charge >= 0.3 is 5.97 Å². The van der Waals surface area contributed by atoms with Gasteiger partial charge < -0.3 is 14.5 Å². The minimum Gasteiger partial charge on any atom is -0.462 e. The number of hydrogen-bond acceptors (Lipinski definition) is 6. The molecule has 0 fully saturated rings. The first kappa shape index (κ1) is 20.2. The molecule has 0 spiro atoms. The maximum Gasteiger partial charge on any atom is 0.342 e. The highest BCUT2D eigenvalue weighted by molar-refractivity contribution is 6.03. The van der Waals surface area contributed by atoms with Crippen LogP contribution in [0.15, 0.2) is 39.8 Å². The van der Waals surface area contributed by atoms with Crippen LogP contribution < -0.4 is 10.9 Å². The lowest BCUT2D eigenvalue weighted by Crippen LogP contribution is -2.33. The van der Waals surface area contributed by atoms with Crippen molar-refractivity contribution in [1.82, 2.24) is 14.9 Å². The minimum atomic E-state index is -0.677. The number of ether oxygens (including phenoxy) is 1. The second-order valence-corrected chi connectivity index (χ2v) is 6.34. The molecule has 0 aliphatic heterocycles. The molecule has 3 aromatic rings. The number of halogens is 1. The average Bonchev–Trinajstić information content (AvgIpc) is 3.03. The summed E-state index contributed by atoms with van der Waals surface area (Å²) in [6.45, 7) is 3.41. The number of esters is 1. The van der Waals surface area contributed by atoms with E-state index in [-0.39, 0.29) is 41.4 Å². The van der Waals surface area contributed by atoms with Gasteiger partial charge in [0, 0.05) is 6.54 Å². The van der Waals surface area contributed by atoms with Crippen LogP contribution in [0.25, 0.3) is 11.1 Å². The van der Waals surface area contributed by atoms with Gasteiger partial charge in [0.15, 0.2) is 0 Å². The number of furan rings is 1. The smallest absolute Gasteiger partial charge is 0.342 e. The molecule has 0 saturated heterocycles. The molecule has 0 atom stereocenters. The molecule has 0 unspecified atom stereocenters. The summed E-state index contributed by atoms with van der Waals surface area (Å²) in [7, 11) is 0. The number of aromatic nitrogens is 2. The van der Waals surface area contributed by atoms with Crippen LogP contribution in [0.2, 0.25) is 0 Å². The Labute approximate surface area is 165 Å². The molecular formula is C20H20FN3O5. The number of carbonyl (C=O) groups excluding carboxylic acids is 2. The minimum absolute atomic E-state index is 0.0115. The van der Waals surface area contributed by atoms with E-state index >= 15 is 0 Å². The van der Waals surface area contributed by atoms with Crippen LogP contribution in [-0.2, 0) is 22.5 Å². The molecule has 2 aromatic heterocycles. The molecule has 2 heterocycles. The fourth-order valence-corrected chi connectivity index (χ4v) is 2.91. The van der Waals surface area contributed by atoms with Crippen LogP contribution in [0.1, 0.15) is 28.6 Å². The fraction of sp³-hybridized carbons (Fsp3) is 0.300. The lowest BCUT2D eigenvalue weighted by Gasteiger charge is -2.07. The quantitative estimate of drug-likeness (QED) is 0.607. The zero-order chi connectivity index (χ0) is 21.0. The number of aryl methyl sites for hydroxylation is 1. The average molecular weight is 401 g/mol. The largest absolute Gasteiger partial charge is 0.462 e. The first-order valence-corrected chi connectivity index (χ1v) is 9.07. The topological polar surface area (TPSA) is 103 Å². The number of hydrogen-bond donors (Lipinski definition) is 1. The van der Waals surface area contributed by atoms with E-state index in [4.69, 9.17) is 9.15 Å². The fourth-order valence-electron chi connectivity index (χ4n) is 2.91. The van der Waals surface area contributed by atoms with Crippen LogP contribution in [0.4, 0.5) is 4.39 Å². The van der Waals surface area contributed by atoms with Crippen molar-refractivity contribution in [3.05, 3.63) is 63.7 Å². The maximum atomic E-state index is 12.9. The molecule has 0 radical (unpaired) electrons. The van der Waals surface area contributed by atoms with Crippen molar-refractivity contribution in [3.63, 3.8) is 0 Å². The van der Waals surface area contributed by atoms with Crippen LogP contribution >= 0.6 is 0 Å². The Morgan fingerprint density at radius 2 is 2.00 bits per heavy atom. The van der Waals surface area contributed by atoms with Crippen LogP contribution in [-0.4, -0.2) is 34.6 Å². The van der Waals surface area contributed by atoms with Gasteiger partial charge in [0.2, 0.25) is 11.6 Å². The molecule has 0 bridgehead atoms. The van der Waals surface area contributed by atoms with Crippen molar-refractivity contribution in [3.8, 4) is 0 Å². The molecule has 8 nitrogen and oxygen atoms in total. The Bertz CT molecular complexity index is 1100. The summed E-state index contributed by atoms with van der Waals surface area (Å²) in [5.41, 5.74) is 0.345. The number of fused-ring (bicyclic) bond motifs is 1. The van der Waals surface area contributed by atoms with Gasteiger partial charge in [-0.1, -0.05) is 12.1 Å². The second kappa shape index (κ2) is 8.68. The van der Waals surface area contributed by atoms with Crippen molar-refractivity contribution >= 4 is 23.0 Å². The zero-order valence-electron chi connectivity index (χ0n) is 16.0. The van der Waals surface area contributed by atoms with Crippen LogP contribution in [0, 0.1) is 12.7 Å². The van der Waals surface area contributed by atoms with Gasteiger partial charge in [0.25, 0.3) is 5.56 Å². The summed E-state index contributed by atoms with van der Waals surface area (Å²) in [4.78, 5) is 41.2. The van der Waals surface area contributed by atoms with E-state index in [0.29, 0.717) is 13.0 Å². The molecule has 3 rings (SSSR count). The van der Waals surface area contributed by atoms with E-state index in [1.54, 1.807) is 26.0 Å². The Hall–Kier alpha value is -3.49. The molecule has 1 amide bonds. The molecule has 1 aromatic carbocycles. The van der Waals surface area contributed by atoms with Crippen molar-refractivity contribution in [2.24, 2.45) is 0 Å². The second-order valence-electron chi connectivity index (χ2n) is 6.34. The number of carbonyl (C=O) groups is 2. The molecule has 9 heteroatoms. The molecule has 1 N–H and O–H groups in total. The number of nitrogens with one attached hydrogen (secondary N) is 1. The number of rotatable bonds is 7. The van der Waals surface area contributed by atoms with Gasteiger partial charge in [-0.2, -0.15) is 0 Å². The summed E-state index contributed by atoms with van der Waals surface area (Å²) < 4.78 is 24.4. The molecule has 152 valence electrons. The lowest BCUT2D eigenvalue weighted by atomic mass is 10.1. The number of nitrogens with zero attached hydrogens (tertiary/aromatic N) is 2. The molecule has 0 aliphatic rings. The SMILES string of the molecule is CCOC(=O)c1c(C)oc2ncn(CC(=O)NCCc3ccc(F)cc3)c(=O)c12. The first-order chi connectivity index (χ1) is 13.9. The van der Waals surface area contributed by atoms with E-state index in [0.717, 1.165) is 10.1 Å². The van der Waals surface area contributed by atoms with Crippen molar-refractivity contribution < 1.29 is 23.1 Å². The number of benzene rings is 1. The first-order valence-electron chi connectivity index (χ1n) is 9.07. The van der Waals surface area contributed by atoms with Crippen LogP contribution in [0.3, 0.4) is 0 Å². The van der Waals surface area contributed by atoms with E-state index in [1.807, 2.05) is 0 Å². The zero-order valence-corrected chi connectivity index (χ0v) is 16.0. The maximum absolute atomic E-state index is 12.9. The monoisotopic (exact) mass is 401 g/mol. The standard InChI is InChI=1S/C20H20FN3O5/c1-3-28-20(27)16-12(2)29-18-17(16)19(26)24(11-23-18)10-15(25)22-9-8-13-4-6-14(21)7-5-13/h4-7,11H,3,8-10H2,1-2H3,(H,22,25). The van der Waals surface area contributed by atoms with Crippen molar-refractivity contribution in [2.45, 2.75) is 26.8 Å². The summed E-state index contributed by atoms with van der Waals surface area (Å²) >= 11 is 0. The van der Waals surface area contributed by atoms with Crippen LogP contribution in [0.5, 0.6) is 0 Å². The third-order valence-electron chi connectivity index (χ3n) is 4.30. The third-order valence-corrected chi connectivity index (χ3v) is 4.30. The van der Waals surface area contributed by atoms with E-state index in [1.165, 1.54) is 18.5 Å². The summed E-state index contributed by atoms with van der Waals surface area (Å²) in [6, 6.07) is 5.99. The predicted molar refractivity (Wildman–Crippen MR) is 102 cm³/mol. The summed E-state index contributed by atoms with van der Waals surface area (Å²) in [5, 5.41) is 2.69. The normalized spacial score (nSPS) is 10.9. The Kier molecular flexibility index (Phi) is 6.06. The van der Waals surface area contributed by atoms with Gasteiger partial charge in [-0.15, -0.1) is 0 Å². The van der Waals surface area contributed by atoms with Crippen molar-refractivity contribution in [1.29, 1.82) is 0 Å². The van der Waals surface area contributed by atoms with E-state index < -0.39 is 17.4 Å². The van der Waals surface area contributed by atoms with Gasteiger partial charge in [0.05, 0.1) is 6.61 Å². The Morgan fingerprint density at radius 3 is 2.69 bits per heavy atom. The molecule has 29 heavy (non-hydrogen) atoms. The highest BCUT2D eigenvalue weighted by atomic mass is 19.1. The van der Waals surface area contributed by atoms with Crippen molar-refractivity contribution in [2.75, 3.05) is 13.2 Å². The van der Waals surface area contributed by atoms with Gasteiger partial charge in [0.1, 0.15) is 35.4 Å². The molecule has 0 aliphatic carbocycles. The lowest BCUT2D eigenvalue weighted by molar-refractivity contribution is -0.121. The number of amides is 1. The van der Waals surface area contributed by atoms with E-state index in [2.05, 4.69) is 10.3 Å². The summed E-state index contributed by atoms with van der Waals surface area (Å²) in [6.07, 6.45) is 1.72.